The highest BCUT2D eigenvalue weighted by molar-refractivity contribution is 9.10. The third-order valence-corrected chi connectivity index (χ3v) is 3.53. The van der Waals surface area contributed by atoms with Crippen molar-refractivity contribution < 1.29 is 9.53 Å². The van der Waals surface area contributed by atoms with E-state index >= 15 is 0 Å². The van der Waals surface area contributed by atoms with Crippen molar-refractivity contribution in [1.82, 2.24) is 5.32 Å². The third-order valence-electron chi connectivity index (χ3n) is 2.91. The van der Waals surface area contributed by atoms with Crippen LogP contribution in [0.4, 0.5) is 0 Å². The minimum absolute atomic E-state index is 0.0168. The molecule has 2 rings (SSSR count). The lowest BCUT2D eigenvalue weighted by atomic mass is 10.1. The summed E-state index contributed by atoms with van der Waals surface area (Å²) in [7, 11) is 1.63. The van der Waals surface area contributed by atoms with Crippen molar-refractivity contribution in [3.05, 3.63) is 64.1 Å². The summed E-state index contributed by atoms with van der Waals surface area (Å²) in [5.74, 6) is 0.799. The molecule has 0 bridgehead atoms. The van der Waals surface area contributed by atoms with E-state index in [-0.39, 0.29) is 5.91 Å². The molecule has 104 valence electrons. The van der Waals surface area contributed by atoms with Gasteiger partial charge in [0.05, 0.1) is 18.0 Å². The maximum absolute atomic E-state index is 11.8. The predicted octanol–water partition coefficient (Wildman–Crippen LogP) is 3.32. The van der Waals surface area contributed by atoms with E-state index in [0.717, 1.165) is 21.3 Å². The number of rotatable bonds is 5. The number of ether oxygens (including phenoxy) is 1. The number of halogens is 1. The largest absolute Gasteiger partial charge is 0.496 e. The smallest absolute Gasteiger partial charge is 0.224 e. The monoisotopic (exact) mass is 333 g/mol. The van der Waals surface area contributed by atoms with Gasteiger partial charge in [-0.15, -0.1) is 0 Å². The highest BCUT2D eigenvalue weighted by Gasteiger charge is 2.05. The molecule has 0 aromatic heterocycles. The average Bonchev–Trinajstić information content (AvgIpc) is 2.46. The van der Waals surface area contributed by atoms with Crippen molar-refractivity contribution in [2.45, 2.75) is 13.0 Å². The zero-order valence-electron chi connectivity index (χ0n) is 11.2. The number of amides is 1. The zero-order valence-corrected chi connectivity index (χ0v) is 12.8. The first-order valence-electron chi connectivity index (χ1n) is 6.32. The van der Waals surface area contributed by atoms with Crippen LogP contribution in [0.5, 0.6) is 5.75 Å². The van der Waals surface area contributed by atoms with Crippen LogP contribution in [-0.4, -0.2) is 13.0 Å². The molecule has 0 aliphatic heterocycles. The van der Waals surface area contributed by atoms with E-state index in [1.807, 2.05) is 48.5 Å². The first kappa shape index (κ1) is 14.6. The summed E-state index contributed by atoms with van der Waals surface area (Å²) in [6.07, 6.45) is 0.401. The number of hydrogen-bond donors (Lipinski definition) is 1. The fraction of sp³-hybridized carbons (Fsp3) is 0.188. The molecule has 0 radical (unpaired) electrons. The molecule has 0 aliphatic rings. The van der Waals surface area contributed by atoms with Gasteiger partial charge in [0, 0.05) is 6.54 Å². The molecule has 3 nitrogen and oxygen atoms in total. The molecule has 0 saturated heterocycles. The van der Waals surface area contributed by atoms with Crippen LogP contribution in [0.25, 0.3) is 0 Å². The van der Waals surface area contributed by atoms with E-state index in [0.29, 0.717) is 13.0 Å². The third kappa shape index (κ3) is 4.10. The van der Waals surface area contributed by atoms with E-state index in [1.54, 1.807) is 7.11 Å². The van der Waals surface area contributed by atoms with Gasteiger partial charge in [0.1, 0.15) is 5.75 Å². The molecular formula is C16H16BrNO2. The summed E-state index contributed by atoms with van der Waals surface area (Å²) in [6, 6.07) is 15.5. The van der Waals surface area contributed by atoms with Gasteiger partial charge in [-0.3, -0.25) is 4.79 Å². The lowest BCUT2D eigenvalue weighted by Crippen LogP contribution is -2.24. The first-order chi connectivity index (χ1) is 9.69. The number of carbonyl (C=O) groups excluding carboxylic acids is 1. The molecule has 1 amide bonds. The summed E-state index contributed by atoms with van der Waals surface area (Å²) in [4.78, 5) is 11.8. The molecule has 0 saturated carbocycles. The fourth-order valence-corrected chi connectivity index (χ4v) is 2.45. The Morgan fingerprint density at radius 3 is 2.55 bits per heavy atom. The van der Waals surface area contributed by atoms with Gasteiger partial charge in [-0.25, -0.2) is 0 Å². The maximum Gasteiger partial charge on any atom is 0.224 e. The number of nitrogens with one attached hydrogen (secondary N) is 1. The second-order valence-corrected chi connectivity index (χ2v) is 5.26. The Morgan fingerprint density at radius 2 is 1.90 bits per heavy atom. The summed E-state index contributed by atoms with van der Waals surface area (Å²) >= 11 is 3.43. The van der Waals surface area contributed by atoms with Crippen LogP contribution in [0.1, 0.15) is 11.1 Å². The van der Waals surface area contributed by atoms with Crippen molar-refractivity contribution in [3.63, 3.8) is 0 Å². The van der Waals surface area contributed by atoms with Crippen LogP contribution in [0.15, 0.2) is 53.0 Å². The van der Waals surface area contributed by atoms with Crippen LogP contribution >= 0.6 is 15.9 Å². The zero-order chi connectivity index (χ0) is 14.4. The van der Waals surface area contributed by atoms with Crippen molar-refractivity contribution in [1.29, 1.82) is 0 Å². The molecule has 0 aliphatic carbocycles. The van der Waals surface area contributed by atoms with Gasteiger partial charge in [0.15, 0.2) is 0 Å². The van der Waals surface area contributed by atoms with Crippen molar-refractivity contribution in [3.8, 4) is 5.75 Å². The average molecular weight is 334 g/mol. The van der Waals surface area contributed by atoms with Gasteiger partial charge >= 0.3 is 0 Å². The number of hydrogen-bond acceptors (Lipinski definition) is 2. The summed E-state index contributed by atoms with van der Waals surface area (Å²) in [5.41, 5.74) is 2.04. The molecule has 20 heavy (non-hydrogen) atoms. The topological polar surface area (TPSA) is 38.3 Å². The Morgan fingerprint density at radius 1 is 1.15 bits per heavy atom. The van der Waals surface area contributed by atoms with Gasteiger partial charge in [-0.2, -0.15) is 0 Å². The quantitative estimate of drug-likeness (QED) is 0.911. The molecule has 0 heterocycles. The lowest BCUT2D eigenvalue weighted by molar-refractivity contribution is -0.120. The SMILES string of the molecule is COc1ccc(CNC(=O)Cc2ccccc2)cc1Br. The maximum atomic E-state index is 11.8. The lowest BCUT2D eigenvalue weighted by Gasteiger charge is -2.08. The molecule has 0 fully saturated rings. The van der Waals surface area contributed by atoms with Crippen LogP contribution in [0.2, 0.25) is 0 Å². The van der Waals surface area contributed by atoms with Crippen LogP contribution in [-0.2, 0) is 17.8 Å². The van der Waals surface area contributed by atoms with Gasteiger partial charge in [-0.1, -0.05) is 36.4 Å². The molecule has 2 aromatic rings. The van der Waals surface area contributed by atoms with Crippen molar-refractivity contribution in [2.75, 3.05) is 7.11 Å². The van der Waals surface area contributed by atoms with E-state index in [2.05, 4.69) is 21.2 Å². The predicted molar refractivity (Wildman–Crippen MR) is 82.7 cm³/mol. The van der Waals surface area contributed by atoms with Crippen LogP contribution in [0.3, 0.4) is 0 Å². The Balaban J connectivity index is 1.89. The van der Waals surface area contributed by atoms with E-state index in [9.17, 15) is 4.79 Å². The van der Waals surface area contributed by atoms with E-state index in [1.165, 1.54) is 0 Å². The molecular weight excluding hydrogens is 318 g/mol. The first-order valence-corrected chi connectivity index (χ1v) is 7.11. The highest BCUT2D eigenvalue weighted by atomic mass is 79.9. The summed E-state index contributed by atoms with van der Waals surface area (Å²) in [6.45, 7) is 0.508. The van der Waals surface area contributed by atoms with Crippen molar-refractivity contribution >= 4 is 21.8 Å². The molecule has 0 atom stereocenters. The molecule has 4 heteroatoms. The standard InChI is InChI=1S/C16H16BrNO2/c1-20-15-8-7-13(9-14(15)17)11-18-16(19)10-12-5-3-2-4-6-12/h2-9H,10-11H2,1H3,(H,18,19). The normalized spacial score (nSPS) is 10.1. The highest BCUT2D eigenvalue weighted by Crippen LogP contribution is 2.25. The number of methoxy groups -OCH3 is 1. The molecule has 0 spiro atoms. The van der Waals surface area contributed by atoms with E-state index < -0.39 is 0 Å². The van der Waals surface area contributed by atoms with Gasteiger partial charge in [0.2, 0.25) is 5.91 Å². The van der Waals surface area contributed by atoms with Crippen LogP contribution < -0.4 is 10.1 Å². The number of carbonyl (C=O) groups is 1. The molecule has 2 aromatic carbocycles. The van der Waals surface area contributed by atoms with Gasteiger partial charge in [-0.05, 0) is 39.2 Å². The van der Waals surface area contributed by atoms with Gasteiger partial charge < -0.3 is 10.1 Å². The second kappa shape index (κ2) is 7.10. The molecule has 0 unspecified atom stereocenters. The Labute approximate surface area is 127 Å². The summed E-state index contributed by atoms with van der Waals surface area (Å²) in [5, 5.41) is 2.91. The number of benzene rings is 2. The Kier molecular flexibility index (Phi) is 5.18. The minimum atomic E-state index is 0.0168. The fourth-order valence-electron chi connectivity index (χ4n) is 1.86. The van der Waals surface area contributed by atoms with Gasteiger partial charge in [0.25, 0.3) is 0 Å². The van der Waals surface area contributed by atoms with Crippen LogP contribution in [0, 0.1) is 0 Å². The van der Waals surface area contributed by atoms with E-state index in [4.69, 9.17) is 4.74 Å². The second-order valence-electron chi connectivity index (χ2n) is 4.41. The Bertz CT molecular complexity index is 584. The Hall–Kier alpha value is -1.81. The summed E-state index contributed by atoms with van der Waals surface area (Å²) < 4.78 is 6.05. The minimum Gasteiger partial charge on any atom is -0.496 e. The molecule has 1 N–H and O–H groups in total. The van der Waals surface area contributed by atoms with Crippen molar-refractivity contribution in [2.24, 2.45) is 0 Å².